The lowest BCUT2D eigenvalue weighted by atomic mass is 10.2. The summed E-state index contributed by atoms with van der Waals surface area (Å²) >= 11 is 8.81. The van der Waals surface area contributed by atoms with Crippen LogP contribution in [-0.4, -0.2) is 29.3 Å². The molecule has 2 rings (SSSR count). The van der Waals surface area contributed by atoms with Crippen LogP contribution in [0, 0.1) is 0 Å². The molecule has 0 fully saturated rings. The molecule has 1 atom stereocenters. The first-order chi connectivity index (χ1) is 10.1. The third-order valence-electron chi connectivity index (χ3n) is 2.95. The van der Waals surface area contributed by atoms with E-state index in [0.717, 1.165) is 20.4 Å². The highest BCUT2D eigenvalue weighted by Gasteiger charge is 2.17. The highest BCUT2D eigenvalue weighted by Crippen LogP contribution is 2.31. The van der Waals surface area contributed by atoms with Gasteiger partial charge in [0.1, 0.15) is 0 Å². The van der Waals surface area contributed by atoms with Crippen molar-refractivity contribution in [2.45, 2.75) is 17.5 Å². The fourth-order valence-corrected chi connectivity index (χ4v) is 4.03. The van der Waals surface area contributed by atoms with Crippen molar-refractivity contribution < 1.29 is 4.74 Å². The van der Waals surface area contributed by atoms with E-state index in [1.54, 1.807) is 25.1 Å². The van der Waals surface area contributed by atoms with E-state index in [2.05, 4.69) is 43.0 Å². The summed E-state index contributed by atoms with van der Waals surface area (Å²) in [5.41, 5.74) is 7.35. The van der Waals surface area contributed by atoms with E-state index in [-0.39, 0.29) is 6.04 Å². The second-order valence-electron chi connectivity index (χ2n) is 4.44. The summed E-state index contributed by atoms with van der Waals surface area (Å²) in [4.78, 5) is 1.19. The van der Waals surface area contributed by atoms with Gasteiger partial charge in [-0.2, -0.15) is 5.10 Å². The monoisotopic (exact) mass is 433 g/mol. The van der Waals surface area contributed by atoms with Crippen molar-refractivity contribution in [2.75, 3.05) is 19.5 Å². The fourth-order valence-electron chi connectivity index (χ4n) is 1.92. The summed E-state index contributed by atoms with van der Waals surface area (Å²) in [5, 5.41) is 4.34. The molecule has 0 aliphatic heterocycles. The molecule has 1 unspecified atom stereocenters. The minimum absolute atomic E-state index is 0.101. The number of hydrogen-bond acceptors (Lipinski definition) is 4. The number of ether oxygens (including phenoxy) is 1. The van der Waals surface area contributed by atoms with E-state index < -0.39 is 0 Å². The first-order valence-corrected chi connectivity index (χ1v) is 9.03. The molecule has 2 aromatic rings. The first kappa shape index (κ1) is 17.0. The van der Waals surface area contributed by atoms with Gasteiger partial charge in [-0.1, -0.05) is 12.1 Å². The number of nitrogens with two attached hydrogens (primary N) is 1. The second-order valence-corrected chi connectivity index (χ2v) is 7.21. The zero-order valence-corrected chi connectivity index (χ0v) is 15.6. The molecule has 0 aliphatic carbocycles. The van der Waals surface area contributed by atoms with Gasteiger partial charge in [0.2, 0.25) is 0 Å². The SMILES string of the molecule is COCCn1ncc(Br)c1C(N)CSc1ccccc1Br. The first-order valence-electron chi connectivity index (χ1n) is 6.46. The molecule has 1 aromatic heterocycles. The van der Waals surface area contributed by atoms with Gasteiger partial charge in [0.25, 0.3) is 0 Å². The van der Waals surface area contributed by atoms with Gasteiger partial charge in [-0.05, 0) is 44.0 Å². The average molecular weight is 435 g/mol. The molecular weight excluding hydrogens is 418 g/mol. The van der Waals surface area contributed by atoms with Gasteiger partial charge in [-0.15, -0.1) is 11.8 Å². The van der Waals surface area contributed by atoms with Crippen LogP contribution in [0.4, 0.5) is 0 Å². The molecule has 0 saturated carbocycles. The van der Waals surface area contributed by atoms with Gasteiger partial charge in [-0.3, -0.25) is 4.68 Å². The van der Waals surface area contributed by atoms with Gasteiger partial charge < -0.3 is 10.5 Å². The number of benzene rings is 1. The van der Waals surface area contributed by atoms with Crippen LogP contribution in [-0.2, 0) is 11.3 Å². The maximum absolute atomic E-state index is 6.34. The summed E-state index contributed by atoms with van der Waals surface area (Å²) in [6.45, 7) is 1.32. The minimum Gasteiger partial charge on any atom is -0.383 e. The highest BCUT2D eigenvalue weighted by molar-refractivity contribution is 9.10. The van der Waals surface area contributed by atoms with Crippen molar-refractivity contribution in [1.29, 1.82) is 0 Å². The largest absolute Gasteiger partial charge is 0.383 e. The number of nitrogens with zero attached hydrogens (tertiary/aromatic N) is 2. The molecule has 0 aliphatic rings. The van der Waals surface area contributed by atoms with E-state index in [1.165, 1.54) is 4.90 Å². The Bertz CT molecular complexity index is 591. The van der Waals surface area contributed by atoms with E-state index in [9.17, 15) is 0 Å². The molecule has 7 heteroatoms. The van der Waals surface area contributed by atoms with Crippen LogP contribution in [0.15, 0.2) is 44.3 Å². The Hall–Kier alpha value is -0.340. The van der Waals surface area contributed by atoms with Gasteiger partial charge in [-0.25, -0.2) is 0 Å². The summed E-state index contributed by atoms with van der Waals surface area (Å²) in [5.74, 6) is 0.778. The summed E-state index contributed by atoms with van der Waals surface area (Å²) in [6.07, 6.45) is 1.79. The topological polar surface area (TPSA) is 53.1 Å². The lowest BCUT2D eigenvalue weighted by molar-refractivity contribution is 0.182. The molecule has 4 nitrogen and oxygen atoms in total. The summed E-state index contributed by atoms with van der Waals surface area (Å²) < 4.78 is 9.04. The minimum atomic E-state index is -0.101. The summed E-state index contributed by atoms with van der Waals surface area (Å²) in [6, 6.07) is 8.04. The third-order valence-corrected chi connectivity index (χ3v) is 5.70. The van der Waals surface area contributed by atoms with E-state index in [1.807, 2.05) is 22.9 Å². The van der Waals surface area contributed by atoms with Crippen LogP contribution in [0.5, 0.6) is 0 Å². The quantitative estimate of drug-likeness (QED) is 0.672. The van der Waals surface area contributed by atoms with Gasteiger partial charge in [0.15, 0.2) is 0 Å². The van der Waals surface area contributed by atoms with Crippen molar-refractivity contribution in [2.24, 2.45) is 5.73 Å². The molecule has 2 N–H and O–H groups in total. The van der Waals surface area contributed by atoms with Crippen LogP contribution in [0.25, 0.3) is 0 Å². The maximum Gasteiger partial charge on any atom is 0.0703 e. The zero-order chi connectivity index (χ0) is 15.2. The van der Waals surface area contributed by atoms with Crippen LogP contribution in [0.1, 0.15) is 11.7 Å². The number of rotatable bonds is 7. The van der Waals surface area contributed by atoms with Crippen LogP contribution < -0.4 is 5.73 Å². The van der Waals surface area contributed by atoms with E-state index in [4.69, 9.17) is 10.5 Å². The number of methoxy groups -OCH3 is 1. The fraction of sp³-hybridized carbons (Fsp3) is 0.357. The zero-order valence-electron chi connectivity index (χ0n) is 11.6. The van der Waals surface area contributed by atoms with Crippen molar-refractivity contribution in [3.63, 3.8) is 0 Å². The van der Waals surface area contributed by atoms with Crippen LogP contribution >= 0.6 is 43.6 Å². The predicted octanol–water partition coefficient (Wildman–Crippen LogP) is 3.85. The lowest BCUT2D eigenvalue weighted by Gasteiger charge is -2.15. The van der Waals surface area contributed by atoms with Crippen LogP contribution in [0.2, 0.25) is 0 Å². The molecular formula is C14H17Br2N3OS. The van der Waals surface area contributed by atoms with Crippen LogP contribution in [0.3, 0.4) is 0 Å². The van der Waals surface area contributed by atoms with Crippen molar-refractivity contribution in [1.82, 2.24) is 9.78 Å². The Kier molecular flexibility index (Phi) is 6.75. The molecule has 1 aromatic carbocycles. The van der Waals surface area contributed by atoms with Crippen molar-refractivity contribution in [3.05, 3.63) is 45.1 Å². The smallest absolute Gasteiger partial charge is 0.0703 e. The Morgan fingerprint density at radius 1 is 1.33 bits per heavy atom. The van der Waals surface area contributed by atoms with Gasteiger partial charge in [0, 0.05) is 22.2 Å². The highest BCUT2D eigenvalue weighted by atomic mass is 79.9. The number of aromatic nitrogens is 2. The Morgan fingerprint density at radius 2 is 2.10 bits per heavy atom. The Labute approximate surface area is 145 Å². The Balaban J connectivity index is 2.05. The van der Waals surface area contributed by atoms with Gasteiger partial charge in [0.05, 0.1) is 35.6 Å². The average Bonchev–Trinajstić information content (AvgIpc) is 2.85. The third kappa shape index (κ3) is 4.56. The van der Waals surface area contributed by atoms with E-state index >= 15 is 0 Å². The predicted molar refractivity (Wildman–Crippen MR) is 93.6 cm³/mol. The molecule has 0 radical (unpaired) electrons. The molecule has 0 amide bonds. The molecule has 0 spiro atoms. The van der Waals surface area contributed by atoms with E-state index in [0.29, 0.717) is 13.2 Å². The number of halogens is 2. The lowest BCUT2D eigenvalue weighted by Crippen LogP contribution is -2.20. The Morgan fingerprint density at radius 3 is 2.81 bits per heavy atom. The molecule has 0 saturated heterocycles. The second kappa shape index (κ2) is 8.33. The molecule has 0 bridgehead atoms. The van der Waals surface area contributed by atoms with Crippen molar-refractivity contribution in [3.8, 4) is 0 Å². The van der Waals surface area contributed by atoms with Crippen molar-refractivity contribution >= 4 is 43.6 Å². The maximum atomic E-state index is 6.34. The molecule has 114 valence electrons. The normalized spacial score (nSPS) is 12.6. The number of hydrogen-bond donors (Lipinski definition) is 1. The molecule has 21 heavy (non-hydrogen) atoms. The number of thioether (sulfide) groups is 1. The van der Waals surface area contributed by atoms with Gasteiger partial charge >= 0.3 is 0 Å². The molecule has 1 heterocycles. The summed E-state index contributed by atoms with van der Waals surface area (Å²) in [7, 11) is 1.68. The standard InChI is InChI=1S/C14H17Br2N3OS/c1-20-7-6-19-14(11(16)8-18-19)12(17)9-21-13-5-3-2-4-10(13)15/h2-5,8,12H,6-7,9,17H2,1H3.